The summed E-state index contributed by atoms with van der Waals surface area (Å²) < 4.78 is 24.9. The van der Waals surface area contributed by atoms with Gasteiger partial charge in [-0.3, -0.25) is 9.48 Å². The van der Waals surface area contributed by atoms with Gasteiger partial charge in [0.05, 0.1) is 18.9 Å². The van der Waals surface area contributed by atoms with Crippen LogP contribution in [0.2, 0.25) is 0 Å². The molecule has 2 aromatic carbocycles. The largest absolute Gasteiger partial charge is 0.491 e. The van der Waals surface area contributed by atoms with Crippen LogP contribution < -0.4 is 15.2 Å². The molecule has 1 aromatic heterocycles. The fraction of sp³-hybridized carbons (Fsp3) is 0.444. The van der Waals surface area contributed by atoms with Gasteiger partial charge in [-0.25, -0.2) is 4.79 Å². The first-order valence-electron chi connectivity index (χ1n) is 12.3. The van der Waals surface area contributed by atoms with Crippen LogP contribution in [0.25, 0.3) is 10.9 Å². The van der Waals surface area contributed by atoms with Crippen LogP contribution in [0.4, 0.5) is 4.79 Å². The number of amides is 2. The Kier molecular flexibility index (Phi) is 7.87. The van der Waals surface area contributed by atoms with Crippen molar-refractivity contribution in [1.82, 2.24) is 14.7 Å². The fourth-order valence-electron chi connectivity index (χ4n) is 4.14. The number of nitrogens with two attached hydrogens (primary N) is 1. The van der Waals surface area contributed by atoms with E-state index >= 15 is 0 Å². The Hall–Kier alpha value is -3.79. The smallest absolute Gasteiger partial charge is 0.410 e. The quantitative estimate of drug-likeness (QED) is 0.450. The van der Waals surface area contributed by atoms with Gasteiger partial charge in [-0.15, -0.1) is 0 Å². The summed E-state index contributed by atoms with van der Waals surface area (Å²) in [5.74, 6) is 1.23. The number of carbonyl (C=O) groups excluding carboxylic acids is 2. The van der Waals surface area contributed by atoms with Crippen molar-refractivity contribution in [1.29, 1.82) is 0 Å². The third-order valence-electron chi connectivity index (χ3n) is 5.93. The van der Waals surface area contributed by atoms with Gasteiger partial charge in [0.2, 0.25) is 5.91 Å². The molecule has 0 atom stereocenters. The Morgan fingerprint density at radius 1 is 1.05 bits per heavy atom. The molecule has 1 aliphatic heterocycles. The highest BCUT2D eigenvalue weighted by Gasteiger charge is 2.27. The molecule has 10 heteroatoms. The number of aromatic nitrogens is 2. The molecule has 3 aromatic rings. The van der Waals surface area contributed by atoms with Crippen LogP contribution in [-0.2, 0) is 16.5 Å². The first-order chi connectivity index (χ1) is 17.6. The number of primary amides is 1. The minimum Gasteiger partial charge on any atom is -0.491 e. The fourth-order valence-corrected chi connectivity index (χ4v) is 4.14. The first kappa shape index (κ1) is 26.3. The number of likely N-dealkylation sites (tertiary alicyclic amines) is 1. The molecule has 0 spiro atoms. The summed E-state index contributed by atoms with van der Waals surface area (Å²) in [5, 5.41) is 5.01. The molecule has 4 rings (SSSR count). The second-order valence-corrected chi connectivity index (χ2v) is 10.0. The van der Waals surface area contributed by atoms with Crippen molar-refractivity contribution < 1.29 is 28.5 Å². The van der Waals surface area contributed by atoms with Crippen LogP contribution in [0, 0.1) is 0 Å². The molecule has 0 saturated carbocycles. The maximum atomic E-state index is 12.2. The van der Waals surface area contributed by atoms with E-state index in [4.69, 9.17) is 24.7 Å². The Morgan fingerprint density at radius 3 is 2.38 bits per heavy atom. The highest BCUT2D eigenvalue weighted by Crippen LogP contribution is 2.32. The third kappa shape index (κ3) is 6.91. The summed E-state index contributed by atoms with van der Waals surface area (Å²) in [6, 6.07) is 10.5. The van der Waals surface area contributed by atoms with Crippen LogP contribution in [-0.4, -0.2) is 64.7 Å². The highest BCUT2D eigenvalue weighted by molar-refractivity contribution is 5.99. The molecule has 2 N–H and O–H groups in total. The van der Waals surface area contributed by atoms with Crippen LogP contribution in [0.3, 0.4) is 0 Å². The van der Waals surface area contributed by atoms with Crippen molar-refractivity contribution in [3.8, 4) is 17.2 Å². The zero-order valence-corrected chi connectivity index (χ0v) is 21.7. The van der Waals surface area contributed by atoms with E-state index < -0.39 is 11.5 Å². The third-order valence-corrected chi connectivity index (χ3v) is 5.93. The molecule has 2 heterocycles. The van der Waals surface area contributed by atoms with Gasteiger partial charge < -0.3 is 29.6 Å². The van der Waals surface area contributed by atoms with Crippen molar-refractivity contribution >= 4 is 22.9 Å². The van der Waals surface area contributed by atoms with Crippen molar-refractivity contribution in [3.05, 3.63) is 48.2 Å². The molecule has 198 valence electrons. The predicted molar refractivity (Wildman–Crippen MR) is 138 cm³/mol. The monoisotopic (exact) mass is 510 g/mol. The van der Waals surface area contributed by atoms with Crippen molar-refractivity contribution in [2.75, 3.05) is 26.3 Å². The summed E-state index contributed by atoms with van der Waals surface area (Å²) in [6.07, 6.45) is 3.03. The molecule has 0 radical (unpaired) electrons. The molecule has 1 saturated heterocycles. The van der Waals surface area contributed by atoms with Gasteiger partial charge in [0.15, 0.2) is 5.75 Å². The van der Waals surface area contributed by atoms with Gasteiger partial charge in [-0.1, -0.05) is 0 Å². The summed E-state index contributed by atoms with van der Waals surface area (Å²) >= 11 is 0. The molecule has 1 fully saturated rings. The Labute approximate surface area is 216 Å². The highest BCUT2D eigenvalue weighted by atomic mass is 16.6. The van der Waals surface area contributed by atoms with Crippen LogP contribution in [0.5, 0.6) is 17.2 Å². The number of hydrogen-bond acceptors (Lipinski definition) is 7. The standard InChI is InChI=1S/C27H34N4O6/c1-27(2,3)37-26(33)31-11-9-21(10-12-31)35-14-13-34-20-5-7-22(8-6-20)36-23-16-18(25(28)32)15-19-17-29-30(4)24(19)23/h5-8,15-17,21H,9-14H2,1-4H3,(H2,28,32). The number of nitrogens with zero attached hydrogens (tertiary/aromatic N) is 3. The van der Waals surface area contributed by atoms with Gasteiger partial charge in [-0.2, -0.15) is 5.10 Å². The number of aryl methyl sites for hydroxylation is 1. The Morgan fingerprint density at radius 2 is 1.73 bits per heavy atom. The average molecular weight is 511 g/mol. The zero-order valence-electron chi connectivity index (χ0n) is 21.7. The number of rotatable bonds is 8. The van der Waals surface area contributed by atoms with E-state index in [9.17, 15) is 9.59 Å². The Balaban J connectivity index is 1.23. The number of fused-ring (bicyclic) bond motifs is 1. The number of ether oxygens (including phenoxy) is 4. The van der Waals surface area contributed by atoms with E-state index in [-0.39, 0.29) is 12.2 Å². The SMILES string of the molecule is Cn1ncc2cc(C(N)=O)cc(Oc3ccc(OCCOC4CCN(C(=O)OC(C)(C)C)CC4)cc3)c21. The van der Waals surface area contributed by atoms with Crippen LogP contribution in [0.15, 0.2) is 42.6 Å². The summed E-state index contributed by atoms with van der Waals surface area (Å²) in [7, 11) is 1.81. The predicted octanol–water partition coefficient (Wildman–Crippen LogP) is 4.26. The van der Waals surface area contributed by atoms with Crippen molar-refractivity contribution in [2.24, 2.45) is 12.8 Å². The number of benzene rings is 2. The van der Waals surface area contributed by atoms with Gasteiger partial charge in [0.1, 0.15) is 29.2 Å². The summed E-state index contributed by atoms with van der Waals surface area (Å²) in [4.78, 5) is 25.6. The van der Waals surface area contributed by atoms with Gasteiger partial charge in [0, 0.05) is 31.1 Å². The topological polar surface area (TPSA) is 118 Å². The first-order valence-corrected chi connectivity index (χ1v) is 12.3. The van der Waals surface area contributed by atoms with Crippen LogP contribution in [0.1, 0.15) is 44.0 Å². The van der Waals surface area contributed by atoms with Gasteiger partial charge >= 0.3 is 6.09 Å². The van der Waals surface area contributed by atoms with E-state index in [1.165, 1.54) is 0 Å². The molecular weight excluding hydrogens is 476 g/mol. The minimum atomic E-state index is -0.532. The van der Waals surface area contributed by atoms with E-state index in [1.807, 2.05) is 40.0 Å². The van der Waals surface area contributed by atoms with Gasteiger partial charge in [-0.05, 0) is 70.0 Å². The Bertz CT molecular complexity index is 1240. The maximum absolute atomic E-state index is 12.2. The lowest BCUT2D eigenvalue weighted by molar-refractivity contribution is -0.0177. The van der Waals surface area contributed by atoms with E-state index in [2.05, 4.69) is 5.10 Å². The summed E-state index contributed by atoms with van der Waals surface area (Å²) in [6.45, 7) is 7.70. The minimum absolute atomic E-state index is 0.0954. The maximum Gasteiger partial charge on any atom is 0.410 e. The van der Waals surface area contributed by atoms with Crippen LogP contribution >= 0.6 is 0 Å². The average Bonchev–Trinajstić information content (AvgIpc) is 3.23. The normalized spacial score (nSPS) is 14.5. The van der Waals surface area contributed by atoms with Crippen molar-refractivity contribution in [3.63, 3.8) is 0 Å². The lowest BCUT2D eigenvalue weighted by Gasteiger charge is -2.33. The summed E-state index contributed by atoms with van der Waals surface area (Å²) in [5.41, 5.74) is 6.09. The molecule has 1 aliphatic rings. The van der Waals surface area contributed by atoms with Crippen molar-refractivity contribution in [2.45, 2.75) is 45.3 Å². The van der Waals surface area contributed by atoms with Gasteiger partial charge in [0.25, 0.3) is 0 Å². The molecular formula is C27H34N4O6. The molecule has 0 aliphatic carbocycles. The second kappa shape index (κ2) is 11.1. The number of hydrogen-bond donors (Lipinski definition) is 1. The molecule has 0 bridgehead atoms. The number of carbonyl (C=O) groups is 2. The lowest BCUT2D eigenvalue weighted by Crippen LogP contribution is -2.43. The van der Waals surface area contributed by atoms with E-state index in [0.29, 0.717) is 49.1 Å². The molecule has 2 amide bonds. The lowest BCUT2D eigenvalue weighted by atomic mass is 10.1. The van der Waals surface area contributed by atoms with E-state index in [1.54, 1.807) is 40.0 Å². The number of piperidine rings is 1. The second-order valence-electron chi connectivity index (χ2n) is 10.0. The molecule has 37 heavy (non-hydrogen) atoms. The molecule has 0 unspecified atom stereocenters. The molecule has 10 nitrogen and oxygen atoms in total. The van der Waals surface area contributed by atoms with E-state index in [0.717, 1.165) is 23.7 Å². The zero-order chi connectivity index (χ0) is 26.6.